The van der Waals surface area contributed by atoms with Crippen LogP contribution >= 0.6 is 0 Å². The van der Waals surface area contributed by atoms with Gasteiger partial charge < -0.3 is 10.4 Å². The molecule has 0 bridgehead atoms. The molecule has 0 aliphatic heterocycles. The van der Waals surface area contributed by atoms with Gasteiger partial charge in [-0.25, -0.2) is 4.79 Å². The van der Waals surface area contributed by atoms with E-state index in [4.69, 9.17) is 0 Å². The van der Waals surface area contributed by atoms with E-state index in [1.165, 1.54) is 0 Å². The van der Waals surface area contributed by atoms with Crippen molar-refractivity contribution in [3.8, 4) is 5.95 Å². The number of anilines is 1. The molecule has 0 radical (unpaired) electrons. The molecule has 0 aliphatic carbocycles. The van der Waals surface area contributed by atoms with Gasteiger partial charge in [0.1, 0.15) is 5.69 Å². The Morgan fingerprint density at radius 1 is 1.07 bits per heavy atom. The highest BCUT2D eigenvalue weighted by molar-refractivity contribution is 6.03. The average Bonchev–Trinajstić information content (AvgIpc) is 3.04. The van der Waals surface area contributed by atoms with Crippen molar-refractivity contribution in [1.82, 2.24) is 19.7 Å². The van der Waals surface area contributed by atoms with Crippen LogP contribution in [-0.2, 0) is 6.54 Å². The monoisotopic (exact) mass is 373 g/mol. The number of benzene rings is 2. The smallest absolute Gasteiger partial charge is 0.336 e. The van der Waals surface area contributed by atoms with Crippen molar-refractivity contribution in [2.45, 2.75) is 20.4 Å². The first-order chi connectivity index (χ1) is 13.5. The van der Waals surface area contributed by atoms with Crippen LogP contribution in [0, 0.1) is 13.8 Å². The number of carbonyl (C=O) groups is 1. The molecule has 140 valence electrons. The topological polar surface area (TPSA) is 92.9 Å². The van der Waals surface area contributed by atoms with E-state index in [1.807, 2.05) is 60.9 Å². The molecule has 4 aromatic rings. The number of aromatic nitrogens is 4. The molecule has 7 heteroatoms. The largest absolute Gasteiger partial charge is 0.478 e. The van der Waals surface area contributed by atoms with Gasteiger partial charge in [0, 0.05) is 17.6 Å². The molecular weight excluding hydrogens is 354 g/mol. The zero-order valence-electron chi connectivity index (χ0n) is 15.5. The van der Waals surface area contributed by atoms with Crippen LogP contribution in [-0.4, -0.2) is 30.8 Å². The predicted octanol–water partition coefficient (Wildman–Crippen LogP) is 3.74. The molecule has 2 aromatic heterocycles. The molecule has 0 saturated carbocycles. The number of carboxylic acid groups (broad SMARTS) is 1. The minimum atomic E-state index is -0.962. The van der Waals surface area contributed by atoms with Crippen molar-refractivity contribution >= 4 is 22.7 Å². The molecular formula is C21H19N5O2. The lowest BCUT2D eigenvalue weighted by molar-refractivity contribution is 0.0699. The van der Waals surface area contributed by atoms with E-state index in [0.29, 0.717) is 29.4 Å². The van der Waals surface area contributed by atoms with Crippen LogP contribution in [0.15, 0.2) is 54.6 Å². The average molecular weight is 373 g/mol. The fourth-order valence-electron chi connectivity index (χ4n) is 3.23. The van der Waals surface area contributed by atoms with Crippen LogP contribution in [0.1, 0.15) is 27.3 Å². The van der Waals surface area contributed by atoms with Gasteiger partial charge in [0.25, 0.3) is 5.95 Å². The lowest BCUT2D eigenvalue weighted by Crippen LogP contribution is -2.11. The lowest BCUT2D eigenvalue weighted by Gasteiger charge is -2.11. The molecule has 0 spiro atoms. The SMILES string of the molecule is Cc1nnc(-n2c(C)cc3c(C(=O)O)cccc32)nc1NCc1ccccc1. The summed E-state index contributed by atoms with van der Waals surface area (Å²) in [5, 5.41) is 21.9. The van der Waals surface area contributed by atoms with E-state index in [-0.39, 0.29) is 5.56 Å². The number of hydrogen-bond donors (Lipinski definition) is 2. The zero-order chi connectivity index (χ0) is 19.7. The van der Waals surface area contributed by atoms with E-state index < -0.39 is 5.97 Å². The van der Waals surface area contributed by atoms with Crippen LogP contribution in [0.2, 0.25) is 0 Å². The van der Waals surface area contributed by atoms with Gasteiger partial charge in [-0.2, -0.15) is 4.98 Å². The van der Waals surface area contributed by atoms with Crippen molar-refractivity contribution in [1.29, 1.82) is 0 Å². The number of aryl methyl sites for hydroxylation is 2. The van der Waals surface area contributed by atoms with Gasteiger partial charge in [0.15, 0.2) is 5.82 Å². The minimum Gasteiger partial charge on any atom is -0.478 e. The molecule has 2 heterocycles. The van der Waals surface area contributed by atoms with Crippen LogP contribution in [0.3, 0.4) is 0 Å². The van der Waals surface area contributed by atoms with Crippen molar-refractivity contribution in [2.24, 2.45) is 0 Å². The van der Waals surface area contributed by atoms with Gasteiger partial charge in [-0.15, -0.1) is 10.2 Å². The Labute approximate surface area is 161 Å². The Morgan fingerprint density at radius 2 is 1.86 bits per heavy atom. The summed E-state index contributed by atoms with van der Waals surface area (Å²) in [6, 6.07) is 17.0. The van der Waals surface area contributed by atoms with Gasteiger partial charge in [0.05, 0.1) is 11.1 Å². The molecule has 2 aromatic carbocycles. The van der Waals surface area contributed by atoms with Gasteiger partial charge in [-0.05, 0) is 37.6 Å². The summed E-state index contributed by atoms with van der Waals surface area (Å²) < 4.78 is 1.82. The Hall–Kier alpha value is -3.74. The summed E-state index contributed by atoms with van der Waals surface area (Å²) in [5.41, 5.74) is 3.65. The number of hydrogen-bond acceptors (Lipinski definition) is 5. The first kappa shape index (κ1) is 17.7. The Kier molecular flexibility index (Phi) is 4.49. The predicted molar refractivity (Wildman–Crippen MR) is 107 cm³/mol. The van der Waals surface area contributed by atoms with E-state index in [0.717, 1.165) is 16.8 Å². The molecule has 2 N–H and O–H groups in total. The van der Waals surface area contributed by atoms with Crippen molar-refractivity contribution in [3.05, 3.63) is 77.1 Å². The van der Waals surface area contributed by atoms with Crippen molar-refractivity contribution in [2.75, 3.05) is 5.32 Å². The third kappa shape index (κ3) is 3.18. The fraction of sp³-hybridized carbons (Fsp3) is 0.143. The Morgan fingerprint density at radius 3 is 2.61 bits per heavy atom. The van der Waals surface area contributed by atoms with Crippen LogP contribution < -0.4 is 5.32 Å². The third-order valence-electron chi connectivity index (χ3n) is 4.61. The molecule has 4 rings (SSSR count). The Bertz CT molecular complexity index is 1170. The van der Waals surface area contributed by atoms with Gasteiger partial charge in [-0.1, -0.05) is 36.4 Å². The molecule has 0 amide bonds. The maximum atomic E-state index is 11.5. The van der Waals surface area contributed by atoms with Gasteiger partial charge in [0.2, 0.25) is 0 Å². The van der Waals surface area contributed by atoms with E-state index in [1.54, 1.807) is 12.1 Å². The molecule has 0 unspecified atom stereocenters. The number of nitrogens with one attached hydrogen (secondary N) is 1. The third-order valence-corrected chi connectivity index (χ3v) is 4.61. The minimum absolute atomic E-state index is 0.252. The van der Waals surface area contributed by atoms with Gasteiger partial charge >= 0.3 is 5.97 Å². The molecule has 0 fully saturated rings. The lowest BCUT2D eigenvalue weighted by atomic mass is 10.1. The number of rotatable bonds is 5. The highest BCUT2D eigenvalue weighted by atomic mass is 16.4. The van der Waals surface area contributed by atoms with Crippen LogP contribution in [0.4, 0.5) is 5.82 Å². The van der Waals surface area contributed by atoms with E-state index >= 15 is 0 Å². The normalized spacial score (nSPS) is 10.9. The first-order valence-electron chi connectivity index (χ1n) is 8.88. The van der Waals surface area contributed by atoms with E-state index in [2.05, 4.69) is 20.5 Å². The van der Waals surface area contributed by atoms with Crippen molar-refractivity contribution < 1.29 is 9.90 Å². The number of carboxylic acids is 1. The molecule has 28 heavy (non-hydrogen) atoms. The second-order valence-electron chi connectivity index (χ2n) is 6.55. The summed E-state index contributed by atoms with van der Waals surface area (Å²) in [6.07, 6.45) is 0. The van der Waals surface area contributed by atoms with Crippen molar-refractivity contribution in [3.63, 3.8) is 0 Å². The quantitative estimate of drug-likeness (QED) is 0.553. The maximum Gasteiger partial charge on any atom is 0.336 e. The van der Waals surface area contributed by atoms with Gasteiger partial charge in [-0.3, -0.25) is 4.57 Å². The second-order valence-corrected chi connectivity index (χ2v) is 6.55. The molecule has 0 aliphatic rings. The second kappa shape index (κ2) is 7.11. The first-order valence-corrected chi connectivity index (χ1v) is 8.88. The zero-order valence-corrected chi connectivity index (χ0v) is 15.5. The number of nitrogens with zero attached hydrogens (tertiary/aromatic N) is 4. The summed E-state index contributed by atoms with van der Waals surface area (Å²) in [7, 11) is 0. The molecule has 0 atom stereocenters. The number of fused-ring (bicyclic) bond motifs is 1. The standard InChI is InChI=1S/C21H19N5O2/c1-13-11-17-16(20(27)28)9-6-10-18(17)26(13)21-23-19(14(2)24-25-21)22-12-15-7-4-3-5-8-15/h3-11H,12H2,1-2H3,(H,27,28)(H,22,23,25). The summed E-state index contributed by atoms with van der Waals surface area (Å²) >= 11 is 0. The van der Waals surface area contributed by atoms with Crippen LogP contribution in [0.5, 0.6) is 0 Å². The summed E-state index contributed by atoms with van der Waals surface area (Å²) in [4.78, 5) is 16.2. The Balaban J connectivity index is 1.75. The summed E-state index contributed by atoms with van der Waals surface area (Å²) in [6.45, 7) is 4.36. The molecule has 7 nitrogen and oxygen atoms in total. The van der Waals surface area contributed by atoms with Crippen LogP contribution in [0.25, 0.3) is 16.9 Å². The molecule has 0 saturated heterocycles. The highest BCUT2D eigenvalue weighted by Crippen LogP contribution is 2.26. The fourth-order valence-corrected chi connectivity index (χ4v) is 3.23. The maximum absolute atomic E-state index is 11.5. The summed E-state index contributed by atoms with van der Waals surface area (Å²) in [5.74, 6) is 0.0802. The highest BCUT2D eigenvalue weighted by Gasteiger charge is 2.17. The van der Waals surface area contributed by atoms with E-state index in [9.17, 15) is 9.90 Å². The number of aromatic carboxylic acids is 1.